The molecular weight excluding hydrogens is 236 g/mol. The van der Waals surface area contributed by atoms with Gasteiger partial charge in [0.15, 0.2) is 0 Å². The van der Waals surface area contributed by atoms with Crippen molar-refractivity contribution in [3.8, 4) is 0 Å². The first kappa shape index (κ1) is 11.2. The minimum absolute atomic E-state index is 0.525. The molecule has 0 radical (unpaired) electrons. The van der Waals surface area contributed by atoms with Gasteiger partial charge in [0.25, 0.3) is 0 Å². The molecule has 1 aromatic carbocycles. The summed E-state index contributed by atoms with van der Waals surface area (Å²) in [7, 11) is 0. The number of pyridine rings is 2. The molecule has 3 aromatic rings. The van der Waals surface area contributed by atoms with Crippen molar-refractivity contribution in [2.75, 3.05) is 5.32 Å². The second-order valence-electron chi connectivity index (χ2n) is 4.03. The molecule has 1 N–H and O–H groups in total. The van der Waals surface area contributed by atoms with E-state index in [1.54, 1.807) is 12.1 Å². The van der Waals surface area contributed by atoms with Gasteiger partial charge in [-0.05, 0) is 24.3 Å². The number of aromatic nitrogens is 2. The minimum Gasteiger partial charge on any atom is -0.325 e. The van der Waals surface area contributed by atoms with Crippen molar-refractivity contribution in [1.82, 2.24) is 9.97 Å². The van der Waals surface area contributed by atoms with Gasteiger partial charge >= 0.3 is 0 Å². The SMILES string of the molecule is [C-]#[N+]c1ccc(Nc2ccc3ccccc3n2)nc1. The molecule has 0 atom stereocenters. The maximum absolute atomic E-state index is 6.88. The number of fused-ring (bicyclic) bond motifs is 1. The Hall–Kier alpha value is -2.93. The van der Waals surface area contributed by atoms with Gasteiger partial charge in [-0.3, -0.25) is 4.98 Å². The first-order chi connectivity index (χ1) is 9.35. The maximum atomic E-state index is 6.88. The molecule has 3 rings (SSSR count). The number of nitrogens with zero attached hydrogens (tertiary/aromatic N) is 3. The van der Waals surface area contributed by atoms with Crippen molar-refractivity contribution in [3.05, 3.63) is 66.1 Å². The van der Waals surface area contributed by atoms with Gasteiger partial charge < -0.3 is 5.32 Å². The molecule has 0 amide bonds. The van der Waals surface area contributed by atoms with Crippen LogP contribution in [0.1, 0.15) is 0 Å². The zero-order valence-electron chi connectivity index (χ0n) is 10.0. The summed E-state index contributed by atoms with van der Waals surface area (Å²) in [5.41, 5.74) is 1.46. The molecule has 0 fully saturated rings. The number of rotatable bonds is 2. The lowest BCUT2D eigenvalue weighted by Gasteiger charge is -2.05. The lowest BCUT2D eigenvalue weighted by Crippen LogP contribution is -1.95. The molecule has 2 heterocycles. The minimum atomic E-state index is 0.525. The summed E-state index contributed by atoms with van der Waals surface area (Å²) in [5, 5.41) is 4.22. The number of anilines is 2. The normalized spacial score (nSPS) is 10.1. The van der Waals surface area contributed by atoms with Crippen molar-refractivity contribution in [3.63, 3.8) is 0 Å². The lowest BCUT2D eigenvalue weighted by molar-refractivity contribution is 1.28. The molecule has 90 valence electrons. The zero-order valence-corrected chi connectivity index (χ0v) is 10.0. The van der Waals surface area contributed by atoms with Crippen molar-refractivity contribution in [1.29, 1.82) is 0 Å². The maximum Gasteiger partial charge on any atom is 0.205 e. The van der Waals surface area contributed by atoms with E-state index >= 15 is 0 Å². The highest BCUT2D eigenvalue weighted by atomic mass is 15.1. The van der Waals surface area contributed by atoms with E-state index in [1.165, 1.54) is 6.20 Å². The predicted molar refractivity (Wildman–Crippen MR) is 75.5 cm³/mol. The lowest BCUT2D eigenvalue weighted by atomic mass is 10.2. The fourth-order valence-corrected chi connectivity index (χ4v) is 1.79. The first-order valence-electron chi connectivity index (χ1n) is 5.81. The van der Waals surface area contributed by atoms with E-state index in [0.717, 1.165) is 16.7 Å². The number of hydrogen-bond donors (Lipinski definition) is 1. The standard InChI is InChI=1S/C15H10N4/c1-16-12-7-9-14(17-10-12)19-15-8-6-11-4-2-3-5-13(11)18-15/h2-10H,(H,17,18,19). The molecule has 0 aliphatic heterocycles. The topological polar surface area (TPSA) is 42.2 Å². The quantitative estimate of drug-likeness (QED) is 0.697. The Morgan fingerprint density at radius 3 is 2.58 bits per heavy atom. The van der Waals surface area contributed by atoms with Gasteiger partial charge in [0, 0.05) is 11.6 Å². The molecule has 0 saturated heterocycles. The van der Waals surface area contributed by atoms with Gasteiger partial charge in [-0.15, -0.1) is 0 Å². The monoisotopic (exact) mass is 246 g/mol. The fourth-order valence-electron chi connectivity index (χ4n) is 1.79. The van der Waals surface area contributed by atoms with Crippen LogP contribution in [0.2, 0.25) is 0 Å². The van der Waals surface area contributed by atoms with Gasteiger partial charge in [-0.2, -0.15) is 0 Å². The van der Waals surface area contributed by atoms with Crippen LogP contribution in [0.25, 0.3) is 15.7 Å². The molecule has 0 aliphatic rings. The summed E-state index contributed by atoms with van der Waals surface area (Å²) in [6.07, 6.45) is 1.54. The third kappa shape index (κ3) is 2.35. The van der Waals surface area contributed by atoms with Crippen LogP contribution in [0, 0.1) is 6.57 Å². The summed E-state index contributed by atoms with van der Waals surface area (Å²) in [6, 6.07) is 15.4. The Morgan fingerprint density at radius 1 is 0.947 bits per heavy atom. The van der Waals surface area contributed by atoms with Crippen LogP contribution in [0.15, 0.2) is 54.7 Å². The van der Waals surface area contributed by atoms with E-state index in [9.17, 15) is 0 Å². The van der Waals surface area contributed by atoms with Gasteiger partial charge in [0.2, 0.25) is 5.69 Å². The second-order valence-corrected chi connectivity index (χ2v) is 4.03. The van der Waals surface area contributed by atoms with E-state index in [4.69, 9.17) is 6.57 Å². The number of para-hydroxylation sites is 1. The Labute approximate surface area is 110 Å². The second kappa shape index (κ2) is 4.75. The summed E-state index contributed by atoms with van der Waals surface area (Å²) in [5.74, 6) is 1.41. The molecule has 19 heavy (non-hydrogen) atoms. The van der Waals surface area contributed by atoms with E-state index < -0.39 is 0 Å². The van der Waals surface area contributed by atoms with Crippen molar-refractivity contribution >= 4 is 28.2 Å². The van der Waals surface area contributed by atoms with Crippen LogP contribution < -0.4 is 5.32 Å². The Balaban J connectivity index is 1.90. The van der Waals surface area contributed by atoms with E-state index in [2.05, 4.69) is 20.1 Å². The Morgan fingerprint density at radius 2 is 1.79 bits per heavy atom. The van der Waals surface area contributed by atoms with E-state index in [1.807, 2.05) is 36.4 Å². The number of benzene rings is 1. The van der Waals surface area contributed by atoms with Gasteiger partial charge in [-0.1, -0.05) is 24.3 Å². The summed E-state index contributed by atoms with van der Waals surface area (Å²) >= 11 is 0. The van der Waals surface area contributed by atoms with Crippen LogP contribution in [0.3, 0.4) is 0 Å². The van der Waals surface area contributed by atoms with Crippen molar-refractivity contribution in [2.24, 2.45) is 0 Å². The van der Waals surface area contributed by atoms with Gasteiger partial charge in [0.05, 0.1) is 12.1 Å². The molecule has 0 unspecified atom stereocenters. The Kier molecular flexibility index (Phi) is 2.79. The average molecular weight is 246 g/mol. The fraction of sp³-hybridized carbons (Fsp3) is 0. The van der Waals surface area contributed by atoms with E-state index in [0.29, 0.717) is 11.5 Å². The molecule has 0 spiro atoms. The van der Waals surface area contributed by atoms with Gasteiger partial charge in [-0.25, -0.2) is 9.83 Å². The number of hydrogen-bond acceptors (Lipinski definition) is 3. The van der Waals surface area contributed by atoms with Crippen LogP contribution in [0.5, 0.6) is 0 Å². The predicted octanol–water partition coefficient (Wildman–Crippen LogP) is 3.92. The molecule has 4 nitrogen and oxygen atoms in total. The summed E-state index contributed by atoms with van der Waals surface area (Å²) in [4.78, 5) is 12.0. The van der Waals surface area contributed by atoms with Crippen molar-refractivity contribution < 1.29 is 0 Å². The van der Waals surface area contributed by atoms with Crippen LogP contribution >= 0.6 is 0 Å². The largest absolute Gasteiger partial charge is 0.325 e. The molecule has 2 aromatic heterocycles. The third-order valence-electron chi connectivity index (χ3n) is 2.73. The molecule has 4 heteroatoms. The smallest absolute Gasteiger partial charge is 0.205 e. The third-order valence-corrected chi connectivity index (χ3v) is 2.73. The van der Waals surface area contributed by atoms with Crippen molar-refractivity contribution in [2.45, 2.75) is 0 Å². The van der Waals surface area contributed by atoms with Crippen LogP contribution in [-0.4, -0.2) is 9.97 Å². The molecular formula is C15H10N4. The van der Waals surface area contributed by atoms with E-state index in [-0.39, 0.29) is 0 Å². The molecule has 0 aliphatic carbocycles. The summed E-state index contributed by atoms with van der Waals surface area (Å²) in [6.45, 7) is 6.88. The zero-order chi connectivity index (χ0) is 13.1. The number of nitrogens with one attached hydrogen (secondary N) is 1. The van der Waals surface area contributed by atoms with Gasteiger partial charge in [0.1, 0.15) is 11.6 Å². The Bertz CT molecular complexity index is 757. The highest BCUT2D eigenvalue weighted by Gasteiger charge is 1.99. The van der Waals surface area contributed by atoms with Crippen LogP contribution in [-0.2, 0) is 0 Å². The molecule has 0 bridgehead atoms. The highest BCUT2D eigenvalue weighted by Crippen LogP contribution is 2.19. The van der Waals surface area contributed by atoms with Crippen LogP contribution in [0.4, 0.5) is 17.3 Å². The highest BCUT2D eigenvalue weighted by molar-refractivity contribution is 5.80. The summed E-state index contributed by atoms with van der Waals surface area (Å²) < 4.78 is 0. The first-order valence-corrected chi connectivity index (χ1v) is 5.81. The average Bonchev–Trinajstić information content (AvgIpc) is 2.48. The molecule has 0 saturated carbocycles.